The predicted octanol–water partition coefficient (Wildman–Crippen LogP) is 6.14. The van der Waals surface area contributed by atoms with Crippen molar-refractivity contribution in [3.05, 3.63) is 81.3 Å². The number of piperidine rings is 1. The fourth-order valence-electron chi connectivity index (χ4n) is 6.09. The van der Waals surface area contributed by atoms with Crippen LogP contribution in [0.25, 0.3) is 10.8 Å². The van der Waals surface area contributed by atoms with Crippen molar-refractivity contribution in [2.24, 2.45) is 0 Å². The highest BCUT2D eigenvalue weighted by atomic mass is 35.5. The minimum atomic E-state index is -0.121. The largest absolute Gasteiger partial charge is 0.341 e. The Bertz CT molecular complexity index is 1460. The van der Waals surface area contributed by atoms with Crippen LogP contribution in [0.3, 0.4) is 0 Å². The van der Waals surface area contributed by atoms with Gasteiger partial charge in [-0.15, -0.1) is 0 Å². The van der Waals surface area contributed by atoms with Crippen LogP contribution in [0.1, 0.15) is 53.1 Å². The van der Waals surface area contributed by atoms with E-state index < -0.39 is 0 Å². The number of benzene rings is 3. The molecule has 214 valence electrons. The highest BCUT2D eigenvalue weighted by molar-refractivity contribution is 6.42. The average Bonchev–Trinajstić information content (AvgIpc) is 3.00. The summed E-state index contributed by atoms with van der Waals surface area (Å²) in [6, 6.07) is 19.4. The zero-order valence-electron chi connectivity index (χ0n) is 23.3. The third-order valence-electron chi connectivity index (χ3n) is 8.38. The minimum absolute atomic E-state index is 0.0368. The number of nitrogens with one attached hydrogen (secondary N) is 1. The van der Waals surface area contributed by atoms with E-state index in [1.54, 1.807) is 11.0 Å². The predicted molar refractivity (Wildman–Crippen MR) is 164 cm³/mol. The summed E-state index contributed by atoms with van der Waals surface area (Å²) >= 11 is 12.6. The van der Waals surface area contributed by atoms with Gasteiger partial charge in [0.1, 0.15) is 0 Å². The van der Waals surface area contributed by atoms with Crippen LogP contribution in [0.15, 0.2) is 54.6 Å². The van der Waals surface area contributed by atoms with E-state index in [1.165, 1.54) is 0 Å². The van der Waals surface area contributed by atoms with Crippen molar-refractivity contribution in [1.82, 2.24) is 20.0 Å². The Balaban J connectivity index is 1.29. The van der Waals surface area contributed by atoms with Gasteiger partial charge in [0.2, 0.25) is 0 Å². The zero-order chi connectivity index (χ0) is 28.9. The first-order valence-electron chi connectivity index (χ1n) is 14.2. The van der Waals surface area contributed by atoms with E-state index in [1.807, 2.05) is 60.5 Å². The van der Waals surface area contributed by atoms with Crippen LogP contribution in [0.4, 0.5) is 4.79 Å². The Kier molecular flexibility index (Phi) is 9.34. The van der Waals surface area contributed by atoms with Crippen LogP contribution in [-0.4, -0.2) is 79.0 Å². The summed E-state index contributed by atoms with van der Waals surface area (Å²) in [5.41, 5.74) is 2.03. The van der Waals surface area contributed by atoms with Crippen molar-refractivity contribution in [3.8, 4) is 6.07 Å². The monoisotopic (exact) mass is 591 g/mol. The van der Waals surface area contributed by atoms with E-state index in [2.05, 4.69) is 16.3 Å². The van der Waals surface area contributed by atoms with Crippen LogP contribution in [0, 0.1) is 11.3 Å². The molecule has 0 aromatic heterocycles. The Hall–Kier alpha value is -3.31. The molecular formula is C32H35Cl2N5O2. The van der Waals surface area contributed by atoms with Gasteiger partial charge in [0, 0.05) is 57.3 Å². The average molecular weight is 593 g/mol. The summed E-state index contributed by atoms with van der Waals surface area (Å²) in [6.45, 7) is 4.84. The topological polar surface area (TPSA) is 79.7 Å². The first-order valence-corrected chi connectivity index (χ1v) is 15.0. The molecule has 0 aliphatic carbocycles. The van der Waals surface area contributed by atoms with Gasteiger partial charge in [-0.05, 0) is 72.8 Å². The maximum absolute atomic E-state index is 13.8. The molecule has 2 fully saturated rings. The molecular weight excluding hydrogens is 557 g/mol. The van der Waals surface area contributed by atoms with Gasteiger partial charge < -0.3 is 20.0 Å². The summed E-state index contributed by atoms with van der Waals surface area (Å²) in [5.74, 6) is -0.0845. The molecule has 5 rings (SSSR count). The molecule has 0 radical (unpaired) electrons. The molecule has 7 nitrogen and oxygen atoms in total. The number of rotatable bonds is 8. The molecule has 3 amide bonds. The molecule has 2 aliphatic heterocycles. The van der Waals surface area contributed by atoms with Gasteiger partial charge in [0.05, 0.1) is 21.7 Å². The van der Waals surface area contributed by atoms with E-state index >= 15 is 0 Å². The fraction of sp³-hybridized carbons (Fsp3) is 0.406. The summed E-state index contributed by atoms with van der Waals surface area (Å²) in [7, 11) is 1.82. The molecule has 1 atom stereocenters. The third kappa shape index (κ3) is 6.78. The fourth-order valence-corrected chi connectivity index (χ4v) is 6.40. The van der Waals surface area contributed by atoms with Crippen molar-refractivity contribution in [1.29, 1.82) is 5.26 Å². The van der Waals surface area contributed by atoms with Crippen molar-refractivity contribution in [2.45, 2.75) is 37.6 Å². The lowest BCUT2D eigenvalue weighted by molar-refractivity contribution is 0.0780. The van der Waals surface area contributed by atoms with Gasteiger partial charge in [-0.1, -0.05) is 53.5 Å². The number of hydrogen-bond donors (Lipinski definition) is 1. The normalized spacial score (nSPS) is 17.2. The molecule has 0 spiro atoms. The maximum Gasteiger partial charge on any atom is 0.317 e. The number of likely N-dealkylation sites (tertiary alicyclic amines) is 1. The van der Waals surface area contributed by atoms with Gasteiger partial charge in [0.15, 0.2) is 0 Å². The number of fused-ring (bicyclic) bond motifs is 1. The second-order valence-electron chi connectivity index (χ2n) is 11.1. The summed E-state index contributed by atoms with van der Waals surface area (Å²) in [4.78, 5) is 32.3. The Labute approximate surface area is 251 Å². The number of amides is 3. The van der Waals surface area contributed by atoms with Crippen LogP contribution >= 0.6 is 23.2 Å². The Morgan fingerprint density at radius 1 is 1.10 bits per heavy atom. The Morgan fingerprint density at radius 3 is 2.61 bits per heavy atom. The highest BCUT2D eigenvalue weighted by Crippen LogP contribution is 2.30. The van der Waals surface area contributed by atoms with E-state index in [4.69, 9.17) is 23.2 Å². The number of carbonyl (C=O) groups is 2. The van der Waals surface area contributed by atoms with E-state index in [0.717, 1.165) is 74.7 Å². The molecule has 9 heteroatoms. The molecule has 3 aromatic carbocycles. The van der Waals surface area contributed by atoms with Crippen molar-refractivity contribution in [2.75, 3.05) is 46.3 Å². The van der Waals surface area contributed by atoms with Gasteiger partial charge >= 0.3 is 6.03 Å². The second kappa shape index (κ2) is 13.1. The number of carbonyl (C=O) groups excluding carboxylic acids is 2. The molecule has 2 heterocycles. The number of nitrogens with zero attached hydrogens (tertiary/aromatic N) is 4. The molecule has 41 heavy (non-hydrogen) atoms. The highest BCUT2D eigenvalue weighted by Gasteiger charge is 2.30. The van der Waals surface area contributed by atoms with E-state index in [9.17, 15) is 14.9 Å². The van der Waals surface area contributed by atoms with Gasteiger partial charge in [0.25, 0.3) is 5.91 Å². The van der Waals surface area contributed by atoms with Crippen molar-refractivity contribution < 1.29 is 9.59 Å². The second-order valence-corrected chi connectivity index (χ2v) is 11.9. The molecule has 3 aromatic rings. The quantitative estimate of drug-likeness (QED) is 0.341. The van der Waals surface area contributed by atoms with Crippen LogP contribution in [-0.2, 0) is 0 Å². The van der Waals surface area contributed by atoms with Crippen molar-refractivity contribution in [3.63, 3.8) is 0 Å². The number of nitriles is 1. The van der Waals surface area contributed by atoms with Gasteiger partial charge in [-0.3, -0.25) is 4.79 Å². The third-order valence-corrected chi connectivity index (χ3v) is 9.12. The van der Waals surface area contributed by atoms with E-state index in [0.29, 0.717) is 33.8 Å². The molecule has 0 unspecified atom stereocenters. The van der Waals surface area contributed by atoms with Gasteiger partial charge in [-0.25, -0.2) is 4.79 Å². The van der Waals surface area contributed by atoms with Crippen molar-refractivity contribution >= 4 is 45.9 Å². The van der Waals surface area contributed by atoms with Crippen LogP contribution in [0.2, 0.25) is 10.0 Å². The molecule has 2 saturated heterocycles. The first-order chi connectivity index (χ1) is 19.8. The number of halogens is 2. The Morgan fingerprint density at radius 2 is 1.88 bits per heavy atom. The zero-order valence-corrected chi connectivity index (χ0v) is 24.8. The van der Waals surface area contributed by atoms with Crippen LogP contribution in [0.5, 0.6) is 0 Å². The van der Waals surface area contributed by atoms with E-state index in [-0.39, 0.29) is 17.9 Å². The summed E-state index contributed by atoms with van der Waals surface area (Å²) in [5, 5.41) is 15.2. The lowest BCUT2D eigenvalue weighted by atomic mass is 9.93. The smallest absolute Gasteiger partial charge is 0.317 e. The van der Waals surface area contributed by atoms with Crippen LogP contribution < -0.4 is 5.32 Å². The minimum Gasteiger partial charge on any atom is -0.341 e. The molecule has 0 bridgehead atoms. The molecule has 2 aliphatic rings. The lowest BCUT2D eigenvalue weighted by Crippen LogP contribution is -2.54. The summed E-state index contributed by atoms with van der Waals surface area (Å²) in [6.07, 6.45) is 3.76. The number of hydrogen-bond acceptors (Lipinski definition) is 4. The number of urea groups is 1. The SMILES string of the molecule is CN(C[C@@H](CCN1CCC(N2CCCNC2=O)CC1)c1ccc(Cl)c(Cl)c1)C(=O)c1cc(C#N)cc2ccccc12. The van der Waals surface area contributed by atoms with Gasteiger partial charge in [-0.2, -0.15) is 5.26 Å². The standard InChI is InChI=1S/C32H35Cl2N5O2/c1-37(31(40)28-18-22(20-35)17-24-5-2-3-6-27(24)28)21-25(23-7-8-29(33)30(34)19-23)9-14-38-15-10-26(11-16-38)39-13-4-12-36-32(39)41/h2-3,5-8,17-19,25-26H,4,9-16,21H2,1H3,(H,36,41)/t25-/m1/s1. The maximum atomic E-state index is 13.8. The first kappa shape index (κ1) is 29.2. The molecule has 0 saturated carbocycles. The summed E-state index contributed by atoms with van der Waals surface area (Å²) < 4.78 is 0. The lowest BCUT2D eigenvalue weighted by Gasteiger charge is -2.40. The molecule has 1 N–H and O–H groups in total. The number of likely N-dealkylation sites (N-methyl/N-ethyl adjacent to an activating group) is 1.